The minimum absolute atomic E-state index is 0.372. The van der Waals surface area contributed by atoms with Crippen LogP contribution in [0.25, 0.3) is 11.3 Å². The van der Waals surface area contributed by atoms with Gasteiger partial charge in [-0.25, -0.2) is 4.39 Å². The first-order valence-corrected chi connectivity index (χ1v) is 3.73. The maximum atomic E-state index is 12.7. The molecular formula is C9H6FN3. The molecule has 0 bridgehead atoms. The van der Waals surface area contributed by atoms with Gasteiger partial charge < -0.3 is 0 Å². The van der Waals surface area contributed by atoms with Gasteiger partial charge in [0.2, 0.25) is 0 Å². The molecule has 2 aromatic rings. The Kier molecular flexibility index (Phi) is 1.96. The molecule has 2 heterocycles. The van der Waals surface area contributed by atoms with E-state index in [9.17, 15) is 4.39 Å². The minimum Gasteiger partial charge on any atom is -0.261 e. The Hall–Kier alpha value is -1.84. The number of aromatic nitrogens is 3. The predicted octanol–water partition coefficient (Wildman–Crippen LogP) is 1.68. The molecule has 4 heteroatoms. The molecule has 0 aromatic carbocycles. The number of hydrogen-bond acceptors (Lipinski definition) is 3. The van der Waals surface area contributed by atoms with E-state index in [-0.39, 0.29) is 5.82 Å². The summed E-state index contributed by atoms with van der Waals surface area (Å²) in [5.41, 5.74) is 1.25. The molecule has 64 valence electrons. The van der Waals surface area contributed by atoms with Gasteiger partial charge in [-0.15, -0.1) is 0 Å². The van der Waals surface area contributed by atoms with Gasteiger partial charge in [-0.2, -0.15) is 0 Å². The zero-order valence-corrected chi connectivity index (χ0v) is 6.68. The van der Waals surface area contributed by atoms with E-state index >= 15 is 0 Å². The van der Waals surface area contributed by atoms with Crippen LogP contribution >= 0.6 is 0 Å². The predicted molar refractivity (Wildman–Crippen MR) is 45.2 cm³/mol. The molecule has 0 aliphatic carbocycles. The summed E-state index contributed by atoms with van der Waals surface area (Å²) in [5, 5.41) is 0. The van der Waals surface area contributed by atoms with Gasteiger partial charge in [0.1, 0.15) is 5.82 Å². The molecule has 0 radical (unpaired) electrons. The molecule has 0 fully saturated rings. The number of hydrogen-bond donors (Lipinski definition) is 0. The highest BCUT2D eigenvalue weighted by Gasteiger charge is 1.99. The van der Waals surface area contributed by atoms with E-state index in [1.807, 2.05) is 0 Å². The van der Waals surface area contributed by atoms with E-state index in [4.69, 9.17) is 0 Å². The van der Waals surface area contributed by atoms with Crippen molar-refractivity contribution < 1.29 is 4.39 Å². The fourth-order valence-electron chi connectivity index (χ4n) is 1.00. The number of rotatable bonds is 1. The van der Waals surface area contributed by atoms with Gasteiger partial charge in [0.05, 0.1) is 18.1 Å². The number of halogens is 1. The van der Waals surface area contributed by atoms with Crippen molar-refractivity contribution in [2.24, 2.45) is 0 Å². The normalized spacial score (nSPS) is 9.92. The maximum Gasteiger partial charge on any atom is 0.142 e. The van der Waals surface area contributed by atoms with Gasteiger partial charge in [-0.05, 0) is 6.07 Å². The Morgan fingerprint density at radius 2 is 1.92 bits per heavy atom. The average molecular weight is 175 g/mol. The summed E-state index contributed by atoms with van der Waals surface area (Å²) < 4.78 is 12.7. The Labute approximate surface area is 74.3 Å². The molecule has 2 rings (SSSR count). The summed E-state index contributed by atoms with van der Waals surface area (Å²) in [7, 11) is 0. The highest BCUT2D eigenvalue weighted by molar-refractivity contribution is 5.55. The third-order valence-corrected chi connectivity index (χ3v) is 1.56. The lowest BCUT2D eigenvalue weighted by Crippen LogP contribution is -1.86. The van der Waals surface area contributed by atoms with E-state index in [0.29, 0.717) is 11.3 Å². The van der Waals surface area contributed by atoms with Crippen LogP contribution in [0.5, 0.6) is 0 Å². The Balaban J connectivity index is 2.48. The van der Waals surface area contributed by atoms with Gasteiger partial charge in [0, 0.05) is 24.2 Å². The minimum atomic E-state index is -0.372. The molecule has 0 aliphatic heterocycles. The largest absolute Gasteiger partial charge is 0.261 e. The topological polar surface area (TPSA) is 38.7 Å². The second kappa shape index (κ2) is 3.26. The van der Waals surface area contributed by atoms with Crippen molar-refractivity contribution in [1.82, 2.24) is 15.0 Å². The van der Waals surface area contributed by atoms with E-state index in [1.165, 1.54) is 6.07 Å². The second-order valence-electron chi connectivity index (χ2n) is 2.48. The van der Waals surface area contributed by atoms with Crippen LogP contribution in [-0.4, -0.2) is 15.0 Å². The van der Waals surface area contributed by atoms with Gasteiger partial charge in [0.25, 0.3) is 0 Å². The molecular weight excluding hydrogens is 169 g/mol. The van der Waals surface area contributed by atoms with Crippen LogP contribution in [0.1, 0.15) is 0 Å². The summed E-state index contributed by atoms with van der Waals surface area (Å²) in [6.07, 6.45) is 7.39. The molecule has 0 saturated carbocycles. The van der Waals surface area contributed by atoms with Gasteiger partial charge in [-0.3, -0.25) is 15.0 Å². The quantitative estimate of drug-likeness (QED) is 0.661. The first-order chi connectivity index (χ1) is 6.36. The zero-order valence-electron chi connectivity index (χ0n) is 6.68. The fourth-order valence-corrected chi connectivity index (χ4v) is 1.00. The van der Waals surface area contributed by atoms with Gasteiger partial charge >= 0.3 is 0 Å². The Morgan fingerprint density at radius 3 is 2.62 bits per heavy atom. The van der Waals surface area contributed by atoms with Crippen molar-refractivity contribution in [2.75, 3.05) is 0 Å². The summed E-state index contributed by atoms with van der Waals surface area (Å²) in [6, 6.07) is 1.37. The van der Waals surface area contributed by atoms with Crippen LogP contribution < -0.4 is 0 Å². The summed E-state index contributed by atoms with van der Waals surface area (Å²) in [6.45, 7) is 0. The van der Waals surface area contributed by atoms with Crippen molar-refractivity contribution >= 4 is 0 Å². The van der Waals surface area contributed by atoms with Crippen molar-refractivity contribution in [1.29, 1.82) is 0 Å². The first-order valence-electron chi connectivity index (χ1n) is 3.73. The van der Waals surface area contributed by atoms with Gasteiger partial charge in [-0.1, -0.05) is 0 Å². The molecule has 0 aliphatic rings. The third kappa shape index (κ3) is 1.66. The van der Waals surface area contributed by atoms with Crippen LogP contribution in [0.4, 0.5) is 4.39 Å². The highest BCUT2D eigenvalue weighted by atomic mass is 19.1. The summed E-state index contributed by atoms with van der Waals surface area (Å²) in [4.78, 5) is 11.6. The number of pyridine rings is 1. The van der Waals surface area contributed by atoms with E-state index in [2.05, 4.69) is 15.0 Å². The monoisotopic (exact) mass is 175 g/mol. The smallest absolute Gasteiger partial charge is 0.142 e. The van der Waals surface area contributed by atoms with Crippen LogP contribution in [0.15, 0.2) is 37.1 Å². The lowest BCUT2D eigenvalue weighted by molar-refractivity contribution is 0.622. The molecule has 0 atom stereocenters. The van der Waals surface area contributed by atoms with Crippen LogP contribution in [0.3, 0.4) is 0 Å². The standard InChI is InChI=1S/C9H6FN3/c10-8-3-7(4-12-5-8)9-6-11-1-2-13-9/h1-6H. The molecule has 0 unspecified atom stereocenters. The van der Waals surface area contributed by atoms with Crippen LogP contribution in [-0.2, 0) is 0 Å². The summed E-state index contributed by atoms with van der Waals surface area (Å²) >= 11 is 0. The molecule has 2 aromatic heterocycles. The Bertz CT molecular complexity index is 403. The molecule has 0 N–H and O–H groups in total. The molecule has 13 heavy (non-hydrogen) atoms. The first kappa shape index (κ1) is 7.79. The number of nitrogens with zero attached hydrogens (tertiary/aromatic N) is 3. The van der Waals surface area contributed by atoms with E-state index < -0.39 is 0 Å². The maximum absolute atomic E-state index is 12.7. The fraction of sp³-hybridized carbons (Fsp3) is 0. The average Bonchev–Trinajstić information content (AvgIpc) is 2.19. The van der Waals surface area contributed by atoms with Crippen molar-refractivity contribution in [3.63, 3.8) is 0 Å². The molecule has 3 nitrogen and oxygen atoms in total. The Morgan fingerprint density at radius 1 is 1.00 bits per heavy atom. The lowest BCUT2D eigenvalue weighted by Gasteiger charge is -1.97. The van der Waals surface area contributed by atoms with Gasteiger partial charge in [0.15, 0.2) is 0 Å². The second-order valence-corrected chi connectivity index (χ2v) is 2.48. The summed E-state index contributed by atoms with van der Waals surface area (Å²) in [5.74, 6) is -0.372. The zero-order chi connectivity index (χ0) is 9.10. The lowest BCUT2D eigenvalue weighted by atomic mass is 10.2. The SMILES string of the molecule is Fc1cncc(-c2cnccn2)c1. The van der Waals surface area contributed by atoms with Crippen LogP contribution in [0.2, 0.25) is 0 Å². The van der Waals surface area contributed by atoms with E-state index in [1.54, 1.807) is 24.8 Å². The molecule has 0 spiro atoms. The van der Waals surface area contributed by atoms with E-state index in [0.717, 1.165) is 6.20 Å². The van der Waals surface area contributed by atoms with Crippen LogP contribution in [0, 0.1) is 5.82 Å². The van der Waals surface area contributed by atoms with Crippen molar-refractivity contribution in [3.05, 3.63) is 42.9 Å². The van der Waals surface area contributed by atoms with Crippen molar-refractivity contribution in [3.8, 4) is 11.3 Å². The third-order valence-electron chi connectivity index (χ3n) is 1.56. The highest BCUT2D eigenvalue weighted by Crippen LogP contribution is 2.14. The van der Waals surface area contributed by atoms with Crippen molar-refractivity contribution in [2.45, 2.75) is 0 Å². The molecule has 0 amide bonds. The molecule has 0 saturated heterocycles.